The van der Waals surface area contributed by atoms with Crippen LogP contribution in [0.25, 0.3) is 0 Å². The van der Waals surface area contributed by atoms with E-state index in [0.717, 1.165) is 23.6 Å². The molecular weight excluding hydrogens is 287 g/mol. The van der Waals surface area contributed by atoms with Crippen molar-refractivity contribution in [3.05, 3.63) is 35.6 Å². The van der Waals surface area contributed by atoms with Gasteiger partial charge in [0.15, 0.2) is 0 Å². The molecule has 1 aliphatic rings. The molecule has 0 aliphatic carbocycles. The van der Waals surface area contributed by atoms with Crippen molar-refractivity contribution in [1.29, 1.82) is 0 Å². The predicted octanol–water partition coefficient (Wildman–Crippen LogP) is 2.73. The van der Waals surface area contributed by atoms with Crippen molar-refractivity contribution in [1.82, 2.24) is 10.6 Å². The summed E-state index contributed by atoms with van der Waals surface area (Å²) in [5.41, 5.74) is 0.788. The van der Waals surface area contributed by atoms with Gasteiger partial charge in [0.1, 0.15) is 5.82 Å². The maximum Gasteiger partial charge on any atom is 0.238 e. The molecule has 3 nitrogen and oxygen atoms in total. The number of rotatable bonds is 3. The van der Waals surface area contributed by atoms with Crippen molar-refractivity contribution in [3.8, 4) is 0 Å². The highest BCUT2D eigenvalue weighted by atomic mass is 32.2. The van der Waals surface area contributed by atoms with Gasteiger partial charge in [-0.25, -0.2) is 4.39 Å². The van der Waals surface area contributed by atoms with Gasteiger partial charge in [0.2, 0.25) is 5.91 Å². The Kier molecular flexibility index (Phi) is 5.27. The molecule has 116 valence electrons. The van der Waals surface area contributed by atoms with Crippen LogP contribution < -0.4 is 10.6 Å². The lowest BCUT2D eigenvalue weighted by molar-refractivity contribution is -0.124. The summed E-state index contributed by atoms with van der Waals surface area (Å²) in [6, 6.07) is 6.08. The van der Waals surface area contributed by atoms with Gasteiger partial charge in [0.25, 0.3) is 0 Å². The van der Waals surface area contributed by atoms with Crippen LogP contribution in [0.1, 0.15) is 32.4 Å². The normalized spacial score (nSPS) is 20.9. The summed E-state index contributed by atoms with van der Waals surface area (Å²) in [5.74, 6) is 1.60. The Labute approximate surface area is 130 Å². The van der Waals surface area contributed by atoms with Crippen LogP contribution in [0.2, 0.25) is 0 Å². The molecule has 2 rings (SSSR count). The van der Waals surface area contributed by atoms with Gasteiger partial charge in [-0.1, -0.05) is 32.9 Å². The minimum absolute atomic E-state index is 0.0199. The van der Waals surface area contributed by atoms with E-state index in [2.05, 4.69) is 31.4 Å². The first kappa shape index (κ1) is 16.3. The molecule has 2 atom stereocenters. The number of amides is 1. The van der Waals surface area contributed by atoms with E-state index >= 15 is 0 Å². The lowest BCUT2D eigenvalue weighted by Gasteiger charge is -2.34. The Morgan fingerprint density at radius 3 is 2.57 bits per heavy atom. The molecule has 21 heavy (non-hydrogen) atoms. The van der Waals surface area contributed by atoms with Gasteiger partial charge in [-0.2, -0.15) is 11.8 Å². The molecule has 2 N–H and O–H groups in total. The molecule has 1 aromatic rings. The summed E-state index contributed by atoms with van der Waals surface area (Å²) in [7, 11) is 0. The molecule has 0 spiro atoms. The van der Waals surface area contributed by atoms with Crippen LogP contribution in [-0.2, 0) is 4.79 Å². The van der Waals surface area contributed by atoms with Crippen LogP contribution in [0.4, 0.5) is 4.39 Å². The Balaban J connectivity index is 2.13. The van der Waals surface area contributed by atoms with Crippen molar-refractivity contribution in [2.24, 2.45) is 5.41 Å². The molecule has 1 saturated heterocycles. The van der Waals surface area contributed by atoms with Crippen LogP contribution in [0.3, 0.4) is 0 Å². The largest absolute Gasteiger partial charge is 0.347 e. The molecule has 1 heterocycles. The van der Waals surface area contributed by atoms with Gasteiger partial charge >= 0.3 is 0 Å². The highest BCUT2D eigenvalue weighted by Crippen LogP contribution is 2.33. The fourth-order valence-corrected chi connectivity index (χ4v) is 3.37. The molecule has 5 heteroatoms. The van der Waals surface area contributed by atoms with E-state index < -0.39 is 0 Å². The quantitative estimate of drug-likeness (QED) is 0.902. The summed E-state index contributed by atoms with van der Waals surface area (Å²) >= 11 is 1.79. The average Bonchev–Trinajstić information content (AvgIpc) is 2.45. The van der Waals surface area contributed by atoms with Crippen LogP contribution in [-0.4, -0.2) is 30.0 Å². The topological polar surface area (TPSA) is 41.1 Å². The van der Waals surface area contributed by atoms with Crippen molar-refractivity contribution < 1.29 is 9.18 Å². The standard InChI is InChI=1S/C16H23FN2OS/c1-16(2,3)14(11-4-6-12(17)7-5-11)19-15(20)13-10-21-9-8-18-13/h4-7,13-14,18H,8-10H2,1-3H3,(H,19,20). The summed E-state index contributed by atoms with van der Waals surface area (Å²) in [6.45, 7) is 7.08. The van der Waals surface area contributed by atoms with Crippen LogP contribution in [0.5, 0.6) is 0 Å². The third-order valence-corrected chi connectivity index (χ3v) is 4.66. The van der Waals surface area contributed by atoms with Gasteiger partial charge < -0.3 is 10.6 Å². The molecule has 1 fully saturated rings. The number of carbonyl (C=O) groups excluding carboxylic acids is 1. The Morgan fingerprint density at radius 2 is 2.05 bits per heavy atom. The third kappa shape index (κ3) is 4.45. The zero-order valence-corrected chi connectivity index (χ0v) is 13.6. The number of thioether (sulfide) groups is 1. The lowest BCUT2D eigenvalue weighted by Crippen LogP contribution is -2.51. The maximum atomic E-state index is 13.1. The monoisotopic (exact) mass is 310 g/mol. The van der Waals surface area contributed by atoms with E-state index in [1.54, 1.807) is 23.9 Å². The van der Waals surface area contributed by atoms with E-state index in [0.29, 0.717) is 0 Å². The number of nitrogens with one attached hydrogen (secondary N) is 2. The summed E-state index contributed by atoms with van der Waals surface area (Å²) in [6.07, 6.45) is 0. The lowest BCUT2D eigenvalue weighted by atomic mass is 9.82. The van der Waals surface area contributed by atoms with Crippen molar-refractivity contribution in [2.75, 3.05) is 18.1 Å². The van der Waals surface area contributed by atoms with Gasteiger partial charge in [0.05, 0.1) is 12.1 Å². The second-order valence-corrected chi connectivity index (χ2v) is 7.59. The first-order chi connectivity index (χ1) is 9.88. The Bertz CT molecular complexity index is 478. The first-order valence-electron chi connectivity index (χ1n) is 7.25. The van der Waals surface area contributed by atoms with E-state index in [-0.39, 0.29) is 29.2 Å². The smallest absolute Gasteiger partial charge is 0.238 e. The fourth-order valence-electron chi connectivity index (χ4n) is 2.43. The molecule has 1 amide bonds. The number of hydrogen-bond acceptors (Lipinski definition) is 3. The SMILES string of the molecule is CC(C)(C)C(NC(=O)C1CSCCN1)c1ccc(F)cc1. The Morgan fingerprint density at radius 1 is 1.38 bits per heavy atom. The minimum Gasteiger partial charge on any atom is -0.347 e. The molecule has 1 aliphatic heterocycles. The number of hydrogen-bond donors (Lipinski definition) is 2. The molecule has 0 bridgehead atoms. The van der Waals surface area contributed by atoms with E-state index in [1.807, 2.05) is 0 Å². The number of carbonyl (C=O) groups is 1. The molecule has 0 saturated carbocycles. The third-order valence-electron chi connectivity index (χ3n) is 3.59. The highest BCUT2D eigenvalue weighted by molar-refractivity contribution is 7.99. The molecule has 2 unspecified atom stereocenters. The van der Waals surface area contributed by atoms with Crippen LogP contribution in [0, 0.1) is 11.2 Å². The van der Waals surface area contributed by atoms with E-state index in [1.165, 1.54) is 12.1 Å². The molecule has 1 aromatic carbocycles. The summed E-state index contributed by atoms with van der Waals surface area (Å²) in [5, 5.41) is 6.37. The molecule has 0 radical (unpaired) electrons. The molecule has 0 aromatic heterocycles. The fraction of sp³-hybridized carbons (Fsp3) is 0.562. The van der Waals surface area contributed by atoms with Crippen LogP contribution >= 0.6 is 11.8 Å². The predicted molar refractivity (Wildman–Crippen MR) is 85.9 cm³/mol. The van der Waals surface area contributed by atoms with Gasteiger partial charge in [-0.05, 0) is 23.1 Å². The first-order valence-corrected chi connectivity index (χ1v) is 8.40. The second kappa shape index (κ2) is 6.79. The minimum atomic E-state index is -0.261. The number of halogens is 1. The van der Waals surface area contributed by atoms with E-state index in [9.17, 15) is 9.18 Å². The zero-order valence-electron chi connectivity index (χ0n) is 12.8. The maximum absolute atomic E-state index is 13.1. The van der Waals surface area contributed by atoms with Crippen molar-refractivity contribution >= 4 is 17.7 Å². The molecular formula is C16H23FN2OS. The number of benzene rings is 1. The highest BCUT2D eigenvalue weighted by Gasteiger charge is 2.30. The van der Waals surface area contributed by atoms with Crippen LogP contribution in [0.15, 0.2) is 24.3 Å². The van der Waals surface area contributed by atoms with E-state index in [4.69, 9.17) is 0 Å². The Hall–Kier alpha value is -1.07. The summed E-state index contributed by atoms with van der Waals surface area (Å²) in [4.78, 5) is 12.4. The van der Waals surface area contributed by atoms with Gasteiger partial charge in [-0.15, -0.1) is 0 Å². The average molecular weight is 310 g/mol. The van der Waals surface area contributed by atoms with Crippen molar-refractivity contribution in [2.45, 2.75) is 32.9 Å². The zero-order chi connectivity index (χ0) is 15.5. The van der Waals surface area contributed by atoms with Gasteiger partial charge in [0, 0.05) is 18.1 Å². The van der Waals surface area contributed by atoms with Crippen molar-refractivity contribution in [3.63, 3.8) is 0 Å². The second-order valence-electron chi connectivity index (χ2n) is 6.44. The van der Waals surface area contributed by atoms with Gasteiger partial charge in [-0.3, -0.25) is 4.79 Å². The summed E-state index contributed by atoms with van der Waals surface area (Å²) < 4.78 is 13.1.